The first-order valence-corrected chi connectivity index (χ1v) is 10.3. The van der Waals surface area contributed by atoms with Gasteiger partial charge in [-0.15, -0.1) is 0 Å². The van der Waals surface area contributed by atoms with Crippen LogP contribution in [0.2, 0.25) is 0 Å². The second-order valence-corrected chi connectivity index (χ2v) is 9.07. The van der Waals surface area contributed by atoms with Gasteiger partial charge in [-0.05, 0) is 62.7 Å². The van der Waals surface area contributed by atoms with Crippen LogP contribution in [0.25, 0.3) is 0 Å². The minimum atomic E-state index is -0.361. The molecule has 1 heterocycles. The van der Waals surface area contributed by atoms with E-state index in [9.17, 15) is 0 Å². The Labute approximate surface area is 143 Å². The number of hydrogen-bond acceptors (Lipinski definition) is 2. The summed E-state index contributed by atoms with van der Waals surface area (Å²) in [6.45, 7) is 9.66. The van der Waals surface area contributed by atoms with Crippen LogP contribution >= 0.6 is 0 Å². The van der Waals surface area contributed by atoms with Crippen molar-refractivity contribution in [1.82, 2.24) is 0 Å². The Hall–Kier alpha value is -0.0800. The van der Waals surface area contributed by atoms with Gasteiger partial charge in [0.25, 0.3) is 0 Å². The fourth-order valence-corrected chi connectivity index (χ4v) is 5.65. The Morgan fingerprint density at radius 1 is 0.870 bits per heavy atom. The lowest BCUT2D eigenvalue weighted by Gasteiger charge is -2.25. The molecule has 3 rings (SSSR count). The molecule has 2 nitrogen and oxygen atoms in total. The zero-order valence-corrected chi connectivity index (χ0v) is 15.9. The lowest BCUT2D eigenvalue weighted by Crippen LogP contribution is -2.28. The summed E-state index contributed by atoms with van der Waals surface area (Å²) in [5, 5.41) is 0. The lowest BCUT2D eigenvalue weighted by molar-refractivity contribution is -0.146. The van der Waals surface area contributed by atoms with Crippen LogP contribution < -0.4 is 0 Å². The molecule has 0 aromatic carbocycles. The van der Waals surface area contributed by atoms with Crippen molar-refractivity contribution in [1.29, 1.82) is 0 Å². The topological polar surface area (TPSA) is 18.5 Å². The highest BCUT2D eigenvalue weighted by Crippen LogP contribution is 2.46. The van der Waals surface area contributed by atoms with Crippen LogP contribution in [0.5, 0.6) is 0 Å². The van der Waals surface area contributed by atoms with Gasteiger partial charge in [-0.1, -0.05) is 52.4 Å². The van der Waals surface area contributed by atoms with Crippen LogP contribution in [0, 0.1) is 29.6 Å². The summed E-state index contributed by atoms with van der Waals surface area (Å²) in [6.07, 6.45) is 13.3. The molecule has 1 saturated heterocycles. The minimum absolute atomic E-state index is 0.343. The molecule has 23 heavy (non-hydrogen) atoms. The molecule has 0 aromatic rings. The van der Waals surface area contributed by atoms with Crippen molar-refractivity contribution in [2.45, 2.75) is 97.4 Å². The average Bonchev–Trinajstić information content (AvgIpc) is 3.22. The molecule has 6 atom stereocenters. The average molecular weight is 323 g/mol. The van der Waals surface area contributed by atoms with Crippen LogP contribution in [0.15, 0.2) is 0 Å². The second kappa shape index (κ2) is 7.44. The summed E-state index contributed by atoms with van der Waals surface area (Å²) >= 11 is 0. The van der Waals surface area contributed by atoms with Crippen molar-refractivity contribution in [3.8, 4) is 0 Å². The zero-order chi connectivity index (χ0) is 16.4. The van der Waals surface area contributed by atoms with Gasteiger partial charge in [-0.3, -0.25) is 0 Å². The van der Waals surface area contributed by atoms with Crippen molar-refractivity contribution < 1.29 is 9.47 Å². The fourth-order valence-electron chi connectivity index (χ4n) is 5.65. The molecule has 0 radical (unpaired) electrons. The standard InChI is InChI=1S/C21H38O2/c1-5-15-7-8-16(11-15)9-10-17-12-18(6-2)19(13-17)20-14-22-21(3,4)23-20/h15-20H,5-14H2,1-4H3. The van der Waals surface area contributed by atoms with Gasteiger partial charge in [0.05, 0.1) is 12.7 Å². The molecule has 0 bridgehead atoms. The van der Waals surface area contributed by atoms with E-state index in [1.165, 1.54) is 57.8 Å². The summed E-state index contributed by atoms with van der Waals surface area (Å²) in [5.74, 6) is 4.24. The molecule has 3 aliphatic rings. The van der Waals surface area contributed by atoms with Crippen molar-refractivity contribution >= 4 is 0 Å². The third-order valence-corrected chi connectivity index (χ3v) is 7.09. The second-order valence-electron chi connectivity index (χ2n) is 9.07. The van der Waals surface area contributed by atoms with Gasteiger partial charge in [-0.25, -0.2) is 0 Å². The first-order chi connectivity index (χ1) is 11.0. The number of ether oxygens (including phenoxy) is 2. The molecular formula is C21H38O2. The van der Waals surface area contributed by atoms with Crippen molar-refractivity contribution in [2.24, 2.45) is 29.6 Å². The van der Waals surface area contributed by atoms with Crippen LogP contribution in [-0.2, 0) is 9.47 Å². The highest BCUT2D eigenvalue weighted by atomic mass is 16.7. The summed E-state index contributed by atoms with van der Waals surface area (Å²) in [7, 11) is 0. The van der Waals surface area contributed by atoms with E-state index in [1.54, 1.807) is 0 Å². The first-order valence-electron chi connectivity index (χ1n) is 10.3. The normalized spacial score (nSPS) is 43.3. The Bertz CT molecular complexity index is 378. The third-order valence-electron chi connectivity index (χ3n) is 7.09. The van der Waals surface area contributed by atoms with Crippen LogP contribution in [-0.4, -0.2) is 18.5 Å². The monoisotopic (exact) mass is 322 g/mol. The molecule has 0 amide bonds. The highest BCUT2D eigenvalue weighted by molar-refractivity contribution is 4.90. The van der Waals surface area contributed by atoms with Crippen LogP contribution in [0.1, 0.15) is 85.5 Å². The summed E-state index contributed by atoms with van der Waals surface area (Å²) in [6, 6.07) is 0. The Morgan fingerprint density at radius 3 is 2.22 bits per heavy atom. The van der Waals surface area contributed by atoms with Crippen molar-refractivity contribution in [3.63, 3.8) is 0 Å². The Balaban J connectivity index is 1.47. The van der Waals surface area contributed by atoms with E-state index < -0.39 is 0 Å². The van der Waals surface area contributed by atoms with Crippen LogP contribution in [0.4, 0.5) is 0 Å². The Kier molecular flexibility index (Phi) is 5.73. The SMILES string of the molecule is CCC1CCC(CCC2CC(CC)C(C3COC(C)(C)O3)C2)C1. The van der Waals surface area contributed by atoms with E-state index >= 15 is 0 Å². The van der Waals surface area contributed by atoms with Gasteiger partial charge in [0.1, 0.15) is 0 Å². The van der Waals surface area contributed by atoms with Gasteiger partial charge in [-0.2, -0.15) is 0 Å². The molecular weight excluding hydrogens is 284 g/mol. The largest absolute Gasteiger partial charge is 0.348 e. The first kappa shape index (κ1) is 17.7. The van der Waals surface area contributed by atoms with Gasteiger partial charge in [0, 0.05) is 0 Å². The quantitative estimate of drug-likeness (QED) is 0.615. The predicted molar refractivity (Wildman–Crippen MR) is 95.3 cm³/mol. The highest BCUT2D eigenvalue weighted by Gasteiger charge is 2.44. The molecule has 0 N–H and O–H groups in total. The summed E-state index contributed by atoms with van der Waals surface area (Å²) in [5.41, 5.74) is 0. The molecule has 2 saturated carbocycles. The van der Waals surface area contributed by atoms with E-state index in [4.69, 9.17) is 9.47 Å². The minimum Gasteiger partial charge on any atom is -0.348 e. The van der Waals surface area contributed by atoms with Gasteiger partial charge in [0.2, 0.25) is 0 Å². The van der Waals surface area contributed by atoms with Gasteiger partial charge < -0.3 is 9.47 Å². The summed E-state index contributed by atoms with van der Waals surface area (Å²) < 4.78 is 12.0. The number of rotatable bonds is 6. The molecule has 2 heteroatoms. The predicted octanol–water partition coefficient (Wildman–Crippen LogP) is 5.80. The van der Waals surface area contributed by atoms with Gasteiger partial charge in [0.15, 0.2) is 5.79 Å². The van der Waals surface area contributed by atoms with E-state index in [0.717, 1.165) is 36.2 Å². The maximum absolute atomic E-state index is 6.20. The maximum Gasteiger partial charge on any atom is 0.163 e. The van der Waals surface area contributed by atoms with Crippen LogP contribution in [0.3, 0.4) is 0 Å². The zero-order valence-electron chi connectivity index (χ0n) is 15.9. The molecule has 3 fully saturated rings. The molecule has 1 aliphatic heterocycles. The van der Waals surface area contributed by atoms with E-state index in [1.807, 2.05) is 0 Å². The van der Waals surface area contributed by atoms with E-state index in [-0.39, 0.29) is 5.79 Å². The molecule has 0 aromatic heterocycles. The van der Waals surface area contributed by atoms with Gasteiger partial charge >= 0.3 is 0 Å². The van der Waals surface area contributed by atoms with E-state index in [0.29, 0.717) is 6.10 Å². The van der Waals surface area contributed by atoms with E-state index in [2.05, 4.69) is 27.7 Å². The molecule has 134 valence electrons. The maximum atomic E-state index is 6.20. The van der Waals surface area contributed by atoms with Crippen molar-refractivity contribution in [2.75, 3.05) is 6.61 Å². The molecule has 6 unspecified atom stereocenters. The number of hydrogen-bond donors (Lipinski definition) is 0. The Morgan fingerprint density at radius 2 is 1.61 bits per heavy atom. The molecule has 2 aliphatic carbocycles. The lowest BCUT2D eigenvalue weighted by atomic mass is 9.89. The molecule has 0 spiro atoms. The fraction of sp³-hybridized carbons (Fsp3) is 1.00. The van der Waals surface area contributed by atoms with Crippen molar-refractivity contribution in [3.05, 3.63) is 0 Å². The summed E-state index contributed by atoms with van der Waals surface area (Å²) in [4.78, 5) is 0. The third kappa shape index (κ3) is 4.31. The smallest absolute Gasteiger partial charge is 0.163 e.